The Kier molecular flexibility index (Phi) is 4.93. The van der Waals surface area contributed by atoms with Gasteiger partial charge in [0.2, 0.25) is 0 Å². The molecule has 1 amide bonds. The lowest BCUT2D eigenvalue weighted by Crippen LogP contribution is -2.29. The lowest BCUT2D eigenvalue weighted by Gasteiger charge is -2.24. The van der Waals surface area contributed by atoms with Crippen molar-refractivity contribution in [2.75, 3.05) is 4.90 Å². The van der Waals surface area contributed by atoms with Crippen molar-refractivity contribution in [2.45, 2.75) is 6.92 Å². The first-order valence-electron chi connectivity index (χ1n) is 10.1. The molecule has 0 bridgehead atoms. The van der Waals surface area contributed by atoms with E-state index < -0.39 is 17.5 Å². The van der Waals surface area contributed by atoms with E-state index in [1.165, 1.54) is 22.8 Å². The summed E-state index contributed by atoms with van der Waals surface area (Å²) in [5.41, 5.74) is 1.21. The highest BCUT2D eigenvalue weighted by Crippen LogP contribution is 2.35. The fourth-order valence-electron chi connectivity index (χ4n) is 3.78. The molecule has 0 aliphatic rings. The molecule has 0 N–H and O–H groups in total. The highest BCUT2D eigenvalue weighted by molar-refractivity contribution is 6.14. The van der Waals surface area contributed by atoms with Crippen LogP contribution in [-0.4, -0.2) is 30.3 Å². The summed E-state index contributed by atoms with van der Waals surface area (Å²) >= 11 is 0. The summed E-state index contributed by atoms with van der Waals surface area (Å²) in [5.74, 6) is -1.76. The zero-order valence-electron chi connectivity index (χ0n) is 17.8. The second-order valence-electron chi connectivity index (χ2n) is 7.52. The first kappa shape index (κ1) is 20.5. The van der Waals surface area contributed by atoms with Crippen LogP contribution in [0.25, 0.3) is 16.8 Å². The summed E-state index contributed by atoms with van der Waals surface area (Å²) in [7, 11) is 1.68. The molecule has 0 unspecified atom stereocenters. The topological polar surface area (TPSA) is 68.3 Å². The van der Waals surface area contributed by atoms with Crippen LogP contribution in [-0.2, 0) is 7.05 Å². The minimum Gasteiger partial charge on any atom is -0.289 e. The Morgan fingerprint density at radius 2 is 1.85 bits per heavy atom. The van der Waals surface area contributed by atoms with Crippen molar-refractivity contribution in [3.63, 3.8) is 0 Å². The van der Waals surface area contributed by atoms with Crippen molar-refractivity contribution in [1.29, 1.82) is 0 Å². The molecule has 0 aliphatic heterocycles. The minimum absolute atomic E-state index is 0.0372. The predicted octanol–water partition coefficient (Wildman–Crippen LogP) is 4.69. The van der Waals surface area contributed by atoms with Gasteiger partial charge in [0.15, 0.2) is 5.65 Å². The maximum atomic E-state index is 15.4. The maximum absolute atomic E-state index is 15.4. The zero-order valence-corrected chi connectivity index (χ0v) is 17.8. The Bertz CT molecular complexity index is 1490. The molecule has 0 fully saturated rings. The summed E-state index contributed by atoms with van der Waals surface area (Å²) < 4.78 is 33.3. The number of benzene rings is 2. The molecule has 0 spiro atoms. The van der Waals surface area contributed by atoms with Crippen molar-refractivity contribution in [3.8, 4) is 11.1 Å². The number of hydrogen-bond acceptors (Lipinski definition) is 4. The van der Waals surface area contributed by atoms with Gasteiger partial charge in [0.1, 0.15) is 23.8 Å². The van der Waals surface area contributed by atoms with Gasteiger partial charge in [-0.2, -0.15) is 5.10 Å². The van der Waals surface area contributed by atoms with Crippen LogP contribution in [0.3, 0.4) is 0 Å². The molecule has 0 saturated carbocycles. The summed E-state index contributed by atoms with van der Waals surface area (Å²) in [4.78, 5) is 15.3. The van der Waals surface area contributed by atoms with Crippen molar-refractivity contribution < 1.29 is 13.6 Å². The number of aromatic nitrogens is 5. The Labute approximate surface area is 187 Å². The van der Waals surface area contributed by atoms with Crippen molar-refractivity contribution in [3.05, 3.63) is 96.1 Å². The molecule has 5 aromatic rings. The first-order valence-corrected chi connectivity index (χ1v) is 10.1. The standard InChI is InChI=1S/C24H18F2N6O/c1-15-19(25)13-18(22(23(15)26)16-6-4-3-5-7-16)24(33)32(21-8-10-28-30(21)2)17-9-11-31-14-27-29-20(31)12-17/h3-14H,1-2H3. The van der Waals surface area contributed by atoms with Crippen LogP contribution in [0.2, 0.25) is 0 Å². The van der Waals surface area contributed by atoms with Gasteiger partial charge in [-0.15, -0.1) is 10.2 Å². The third kappa shape index (κ3) is 3.43. The van der Waals surface area contributed by atoms with Crippen LogP contribution < -0.4 is 4.90 Å². The van der Waals surface area contributed by atoms with Crippen LogP contribution >= 0.6 is 0 Å². The molecule has 3 heterocycles. The van der Waals surface area contributed by atoms with Gasteiger partial charge < -0.3 is 0 Å². The lowest BCUT2D eigenvalue weighted by molar-refractivity contribution is 0.0997. The van der Waals surface area contributed by atoms with Gasteiger partial charge in [0, 0.05) is 36.5 Å². The number of pyridine rings is 1. The Hall–Kier alpha value is -4.40. The second-order valence-corrected chi connectivity index (χ2v) is 7.52. The molecule has 33 heavy (non-hydrogen) atoms. The SMILES string of the molecule is Cc1c(F)cc(C(=O)N(c2ccn3cnnc3c2)c2ccnn2C)c(-c2ccccc2)c1F. The van der Waals surface area contributed by atoms with Crippen molar-refractivity contribution in [1.82, 2.24) is 24.4 Å². The maximum Gasteiger partial charge on any atom is 0.264 e. The zero-order chi connectivity index (χ0) is 23.1. The average molecular weight is 444 g/mol. The van der Waals surface area contributed by atoms with E-state index in [1.54, 1.807) is 72.4 Å². The molecule has 9 heteroatoms. The quantitative estimate of drug-likeness (QED) is 0.403. The number of fused-ring (bicyclic) bond motifs is 1. The predicted molar refractivity (Wildman–Crippen MR) is 119 cm³/mol. The summed E-state index contributed by atoms with van der Waals surface area (Å²) in [6, 6.07) is 14.7. The smallest absolute Gasteiger partial charge is 0.264 e. The molecule has 5 rings (SSSR count). The van der Waals surface area contributed by atoms with Crippen LogP contribution in [0.1, 0.15) is 15.9 Å². The summed E-state index contributed by atoms with van der Waals surface area (Å²) in [5, 5.41) is 12.1. The molecule has 7 nitrogen and oxygen atoms in total. The van der Waals surface area contributed by atoms with E-state index in [9.17, 15) is 9.18 Å². The Morgan fingerprint density at radius 3 is 2.58 bits per heavy atom. The summed E-state index contributed by atoms with van der Waals surface area (Å²) in [6.45, 7) is 1.35. The summed E-state index contributed by atoms with van der Waals surface area (Å²) in [6.07, 6.45) is 4.78. The van der Waals surface area contributed by atoms with Crippen molar-refractivity contribution >= 4 is 23.1 Å². The molecule has 2 aromatic carbocycles. The van der Waals surface area contributed by atoms with E-state index in [0.29, 0.717) is 22.7 Å². The van der Waals surface area contributed by atoms with E-state index in [1.807, 2.05) is 0 Å². The number of rotatable bonds is 4. The number of amides is 1. The highest BCUT2D eigenvalue weighted by Gasteiger charge is 2.29. The molecular formula is C24H18F2N6O. The number of anilines is 2. The van der Waals surface area contributed by atoms with Gasteiger partial charge in [0.05, 0.1) is 17.4 Å². The number of aryl methyl sites for hydroxylation is 1. The van der Waals surface area contributed by atoms with Crippen LogP contribution in [0.15, 0.2) is 73.3 Å². The molecular weight excluding hydrogens is 426 g/mol. The van der Waals surface area contributed by atoms with Crippen LogP contribution in [0, 0.1) is 18.6 Å². The molecule has 0 saturated heterocycles. The molecule has 0 atom stereocenters. The third-order valence-electron chi connectivity index (χ3n) is 5.51. The van der Waals surface area contributed by atoms with E-state index in [0.717, 1.165) is 6.07 Å². The molecule has 3 aromatic heterocycles. The molecule has 0 radical (unpaired) electrons. The fraction of sp³-hybridized carbons (Fsp3) is 0.0833. The molecule has 164 valence electrons. The van der Waals surface area contributed by atoms with Gasteiger partial charge in [-0.05, 0) is 24.6 Å². The second kappa shape index (κ2) is 7.94. The van der Waals surface area contributed by atoms with Crippen molar-refractivity contribution in [2.24, 2.45) is 7.05 Å². The Balaban J connectivity index is 1.75. The van der Waals surface area contributed by atoms with Crippen LogP contribution in [0.5, 0.6) is 0 Å². The number of carbonyl (C=O) groups excluding carboxylic acids is 1. The number of hydrogen-bond donors (Lipinski definition) is 0. The van der Waals surface area contributed by atoms with Gasteiger partial charge in [0.25, 0.3) is 5.91 Å². The van der Waals surface area contributed by atoms with E-state index in [2.05, 4.69) is 15.3 Å². The fourth-order valence-corrected chi connectivity index (χ4v) is 3.78. The normalized spacial score (nSPS) is 11.2. The highest BCUT2D eigenvalue weighted by atomic mass is 19.1. The number of halogens is 2. The van der Waals surface area contributed by atoms with Gasteiger partial charge in [-0.3, -0.25) is 18.8 Å². The van der Waals surface area contributed by atoms with Gasteiger partial charge in [-0.25, -0.2) is 8.78 Å². The largest absolute Gasteiger partial charge is 0.289 e. The van der Waals surface area contributed by atoms with E-state index in [4.69, 9.17) is 0 Å². The average Bonchev–Trinajstić information content (AvgIpc) is 3.46. The third-order valence-corrected chi connectivity index (χ3v) is 5.51. The molecule has 0 aliphatic carbocycles. The van der Waals surface area contributed by atoms with Gasteiger partial charge in [-0.1, -0.05) is 30.3 Å². The van der Waals surface area contributed by atoms with E-state index in [-0.39, 0.29) is 16.7 Å². The first-order chi connectivity index (χ1) is 16.0. The van der Waals surface area contributed by atoms with Gasteiger partial charge >= 0.3 is 0 Å². The number of nitrogens with zero attached hydrogens (tertiary/aromatic N) is 6. The Morgan fingerprint density at radius 1 is 1.06 bits per heavy atom. The number of carbonyl (C=O) groups is 1. The minimum atomic E-state index is -0.798. The van der Waals surface area contributed by atoms with Crippen LogP contribution in [0.4, 0.5) is 20.3 Å². The monoisotopic (exact) mass is 444 g/mol. The van der Waals surface area contributed by atoms with E-state index >= 15 is 4.39 Å². The lowest BCUT2D eigenvalue weighted by atomic mass is 9.95.